The molecule has 1 atom stereocenters. The van der Waals surface area contributed by atoms with E-state index in [0.29, 0.717) is 6.07 Å². The van der Waals surface area contributed by atoms with E-state index in [4.69, 9.17) is 0 Å². The summed E-state index contributed by atoms with van der Waals surface area (Å²) in [6.07, 6.45) is 0. The summed E-state index contributed by atoms with van der Waals surface area (Å²) in [6.45, 7) is 1.64. The van der Waals surface area contributed by atoms with Gasteiger partial charge in [-0.1, -0.05) is 30.3 Å². The van der Waals surface area contributed by atoms with Crippen LogP contribution < -0.4 is 4.72 Å². The Morgan fingerprint density at radius 3 is 2.41 bits per heavy atom. The Morgan fingerprint density at radius 1 is 1.18 bits per heavy atom. The van der Waals surface area contributed by atoms with Crippen molar-refractivity contribution in [1.29, 1.82) is 0 Å². The van der Waals surface area contributed by atoms with E-state index in [-0.39, 0.29) is 4.90 Å². The van der Waals surface area contributed by atoms with Crippen LogP contribution in [-0.2, 0) is 10.0 Å². The fourth-order valence-corrected chi connectivity index (χ4v) is 3.16. The van der Waals surface area contributed by atoms with Crippen molar-refractivity contribution >= 4 is 15.7 Å². The first-order chi connectivity index (χ1) is 10.3. The van der Waals surface area contributed by atoms with Gasteiger partial charge in [-0.2, -0.15) is 4.39 Å². The van der Waals surface area contributed by atoms with Crippen molar-refractivity contribution in [1.82, 2.24) is 4.72 Å². The number of nitro groups is 1. The minimum absolute atomic E-state index is 0.358. The van der Waals surface area contributed by atoms with Crippen LogP contribution in [0.15, 0.2) is 53.4 Å². The molecule has 0 aromatic heterocycles. The van der Waals surface area contributed by atoms with E-state index in [1.807, 2.05) is 0 Å². The average molecular weight is 324 g/mol. The maximum Gasteiger partial charge on any atom is 0.306 e. The number of hydrogen-bond acceptors (Lipinski definition) is 4. The monoisotopic (exact) mass is 324 g/mol. The predicted molar refractivity (Wildman–Crippen MR) is 78.2 cm³/mol. The Hall–Kier alpha value is -2.32. The Balaban J connectivity index is 2.31. The molecule has 2 aromatic rings. The second-order valence-corrected chi connectivity index (χ2v) is 6.34. The van der Waals surface area contributed by atoms with Crippen molar-refractivity contribution in [2.24, 2.45) is 0 Å². The van der Waals surface area contributed by atoms with Gasteiger partial charge in [-0.3, -0.25) is 10.1 Å². The van der Waals surface area contributed by atoms with Crippen molar-refractivity contribution in [3.05, 3.63) is 70.0 Å². The highest BCUT2D eigenvalue weighted by Gasteiger charge is 2.23. The molecule has 0 aliphatic carbocycles. The Morgan fingerprint density at radius 2 is 1.82 bits per heavy atom. The molecule has 0 unspecified atom stereocenters. The summed E-state index contributed by atoms with van der Waals surface area (Å²) in [5.74, 6) is -1.08. The fraction of sp³-hybridized carbons (Fsp3) is 0.143. The molecule has 22 heavy (non-hydrogen) atoms. The molecule has 2 aromatic carbocycles. The molecule has 0 bridgehead atoms. The number of halogens is 1. The molecule has 1 N–H and O–H groups in total. The number of hydrogen-bond donors (Lipinski definition) is 1. The van der Waals surface area contributed by atoms with Gasteiger partial charge in [-0.25, -0.2) is 13.1 Å². The van der Waals surface area contributed by atoms with Gasteiger partial charge in [-0.15, -0.1) is 0 Å². The zero-order valence-corrected chi connectivity index (χ0v) is 12.4. The third-order valence-electron chi connectivity index (χ3n) is 3.06. The van der Waals surface area contributed by atoms with E-state index in [2.05, 4.69) is 4.72 Å². The first-order valence-corrected chi connectivity index (χ1v) is 7.81. The third-order valence-corrected chi connectivity index (χ3v) is 4.59. The number of nitro benzene ring substituents is 1. The second kappa shape index (κ2) is 6.20. The summed E-state index contributed by atoms with van der Waals surface area (Å²) in [5, 5.41) is 10.7. The van der Waals surface area contributed by atoms with Crippen LogP contribution in [-0.4, -0.2) is 13.3 Å². The topological polar surface area (TPSA) is 89.3 Å². The summed E-state index contributed by atoms with van der Waals surface area (Å²) in [7, 11) is -4.00. The van der Waals surface area contributed by atoms with Crippen LogP contribution >= 0.6 is 0 Å². The van der Waals surface area contributed by atoms with Gasteiger partial charge in [-0.05, 0) is 24.6 Å². The molecular formula is C14H13FN2O4S. The molecule has 0 aliphatic rings. The molecule has 0 fully saturated rings. The average Bonchev–Trinajstić information content (AvgIpc) is 2.47. The van der Waals surface area contributed by atoms with Crippen molar-refractivity contribution in [2.45, 2.75) is 17.9 Å². The maximum absolute atomic E-state index is 13.3. The molecule has 0 saturated carbocycles. The number of rotatable bonds is 5. The lowest BCUT2D eigenvalue weighted by atomic mass is 10.1. The Bertz CT molecular complexity index is 794. The van der Waals surface area contributed by atoms with Gasteiger partial charge in [0.05, 0.1) is 9.82 Å². The van der Waals surface area contributed by atoms with Crippen molar-refractivity contribution in [2.75, 3.05) is 0 Å². The lowest BCUT2D eigenvalue weighted by Gasteiger charge is -2.14. The summed E-state index contributed by atoms with van der Waals surface area (Å²) >= 11 is 0. The van der Waals surface area contributed by atoms with Crippen LogP contribution in [0.4, 0.5) is 10.1 Å². The van der Waals surface area contributed by atoms with Gasteiger partial charge in [0.1, 0.15) is 0 Å². The van der Waals surface area contributed by atoms with Crippen LogP contribution in [0, 0.1) is 15.9 Å². The summed E-state index contributed by atoms with van der Waals surface area (Å²) in [5.41, 5.74) is -0.141. The molecule has 8 heteroatoms. The summed E-state index contributed by atoms with van der Waals surface area (Å²) in [4.78, 5) is 9.37. The predicted octanol–water partition coefficient (Wildman–Crippen LogP) is 2.77. The highest BCUT2D eigenvalue weighted by atomic mass is 32.2. The summed E-state index contributed by atoms with van der Waals surface area (Å²) in [6, 6.07) is 10.8. The van der Waals surface area contributed by atoms with Crippen LogP contribution in [0.5, 0.6) is 0 Å². The number of nitrogens with one attached hydrogen (secondary N) is 1. The van der Waals surface area contributed by atoms with E-state index in [1.165, 1.54) is 0 Å². The van der Waals surface area contributed by atoms with Gasteiger partial charge >= 0.3 is 5.69 Å². The molecular weight excluding hydrogens is 311 g/mol. The van der Waals surface area contributed by atoms with Gasteiger partial charge in [0.15, 0.2) is 0 Å². The molecule has 0 heterocycles. The highest BCUT2D eigenvalue weighted by molar-refractivity contribution is 7.89. The van der Waals surface area contributed by atoms with Crippen LogP contribution in [0.25, 0.3) is 0 Å². The van der Waals surface area contributed by atoms with E-state index in [0.717, 1.165) is 17.7 Å². The molecule has 2 rings (SSSR count). The minimum atomic E-state index is -4.00. The molecule has 6 nitrogen and oxygen atoms in total. The first-order valence-electron chi connectivity index (χ1n) is 6.32. The van der Waals surface area contributed by atoms with Crippen molar-refractivity contribution in [3.8, 4) is 0 Å². The number of benzene rings is 2. The van der Waals surface area contributed by atoms with E-state index >= 15 is 0 Å². The minimum Gasteiger partial charge on any atom is -0.258 e. The molecule has 0 aliphatic heterocycles. The van der Waals surface area contributed by atoms with Gasteiger partial charge in [0, 0.05) is 12.1 Å². The smallest absolute Gasteiger partial charge is 0.258 e. The lowest BCUT2D eigenvalue weighted by Crippen LogP contribution is -2.27. The largest absolute Gasteiger partial charge is 0.306 e. The zero-order valence-electron chi connectivity index (χ0n) is 11.6. The normalized spacial score (nSPS) is 12.8. The van der Waals surface area contributed by atoms with Gasteiger partial charge in [0.2, 0.25) is 15.8 Å². The molecule has 0 spiro atoms. The Labute approximate surface area is 126 Å². The third kappa shape index (κ3) is 3.46. The number of sulfonamides is 1. The van der Waals surface area contributed by atoms with E-state index in [1.54, 1.807) is 37.3 Å². The van der Waals surface area contributed by atoms with Crippen LogP contribution in [0.2, 0.25) is 0 Å². The number of nitrogens with zero attached hydrogens (tertiary/aromatic N) is 1. The fourth-order valence-electron chi connectivity index (χ4n) is 1.91. The van der Waals surface area contributed by atoms with E-state index in [9.17, 15) is 22.9 Å². The molecule has 0 radical (unpaired) electrons. The van der Waals surface area contributed by atoms with Crippen molar-refractivity contribution < 1.29 is 17.7 Å². The quantitative estimate of drug-likeness (QED) is 0.676. The van der Waals surface area contributed by atoms with Crippen LogP contribution in [0.3, 0.4) is 0 Å². The first kappa shape index (κ1) is 16.1. The highest BCUT2D eigenvalue weighted by Crippen LogP contribution is 2.23. The summed E-state index contributed by atoms with van der Waals surface area (Å²) < 4.78 is 40.2. The molecule has 116 valence electrons. The van der Waals surface area contributed by atoms with Gasteiger partial charge in [0.25, 0.3) is 0 Å². The van der Waals surface area contributed by atoms with Crippen LogP contribution in [0.1, 0.15) is 18.5 Å². The zero-order chi connectivity index (χ0) is 16.3. The van der Waals surface area contributed by atoms with Crippen molar-refractivity contribution in [3.63, 3.8) is 0 Å². The maximum atomic E-state index is 13.3. The lowest BCUT2D eigenvalue weighted by molar-refractivity contribution is -0.387. The SMILES string of the molecule is C[C@@H](NS(=O)(=O)c1ccc(F)c([N+](=O)[O-])c1)c1ccccc1. The van der Waals surface area contributed by atoms with Gasteiger partial charge < -0.3 is 0 Å². The Kier molecular flexibility index (Phi) is 4.53. The van der Waals surface area contributed by atoms with E-state index < -0.39 is 32.5 Å². The molecule has 0 amide bonds. The second-order valence-electron chi connectivity index (χ2n) is 4.62. The molecule has 0 saturated heterocycles. The standard InChI is InChI=1S/C14H13FN2O4S/c1-10(11-5-3-2-4-6-11)16-22(20,21)12-7-8-13(15)14(9-12)17(18)19/h2-10,16H,1H3/t10-/m1/s1.